The highest BCUT2D eigenvalue weighted by Crippen LogP contribution is 2.39. The maximum atomic E-state index is 14.4. The topological polar surface area (TPSA) is 102 Å². The number of fused-ring (bicyclic) bond motifs is 1. The molecule has 0 fully saturated rings. The van der Waals surface area contributed by atoms with Crippen molar-refractivity contribution in [3.63, 3.8) is 0 Å². The second-order valence-electron chi connectivity index (χ2n) is 8.28. The van der Waals surface area contributed by atoms with Gasteiger partial charge in [-0.05, 0) is 79.9 Å². The molecule has 4 rings (SSSR count). The number of anilines is 2. The van der Waals surface area contributed by atoms with E-state index in [0.717, 1.165) is 17.2 Å². The number of amides is 1. The molecule has 0 radical (unpaired) electrons. The van der Waals surface area contributed by atoms with Crippen molar-refractivity contribution in [1.29, 1.82) is 0 Å². The van der Waals surface area contributed by atoms with E-state index in [1.165, 1.54) is 47.8 Å². The molecule has 1 heterocycles. The molecule has 0 bridgehead atoms. The van der Waals surface area contributed by atoms with E-state index in [1.807, 2.05) is 0 Å². The summed E-state index contributed by atoms with van der Waals surface area (Å²) >= 11 is 6.07. The van der Waals surface area contributed by atoms with Gasteiger partial charge in [0.15, 0.2) is 0 Å². The van der Waals surface area contributed by atoms with Crippen LogP contribution in [0, 0.1) is 12.7 Å². The van der Waals surface area contributed by atoms with E-state index in [9.17, 15) is 22.4 Å². The fourth-order valence-corrected chi connectivity index (χ4v) is 6.11. The predicted molar refractivity (Wildman–Crippen MR) is 138 cm³/mol. The number of ether oxygens (including phenoxy) is 2. The van der Waals surface area contributed by atoms with Crippen molar-refractivity contribution in [1.82, 2.24) is 0 Å². The van der Waals surface area contributed by atoms with Gasteiger partial charge in [-0.25, -0.2) is 17.6 Å². The van der Waals surface area contributed by atoms with E-state index in [-0.39, 0.29) is 45.6 Å². The second kappa shape index (κ2) is 10.4. The molecule has 0 aliphatic carbocycles. The van der Waals surface area contributed by atoms with Gasteiger partial charge in [0.25, 0.3) is 15.9 Å². The van der Waals surface area contributed by atoms with Crippen LogP contribution in [0.15, 0.2) is 53.4 Å². The lowest BCUT2D eigenvalue weighted by atomic mass is 10.0. The summed E-state index contributed by atoms with van der Waals surface area (Å²) in [5, 5.41) is 2.83. The Bertz CT molecular complexity index is 1510. The number of methoxy groups -OCH3 is 1. The van der Waals surface area contributed by atoms with Gasteiger partial charge in [-0.1, -0.05) is 11.6 Å². The van der Waals surface area contributed by atoms with Crippen LogP contribution < -0.4 is 14.4 Å². The van der Waals surface area contributed by atoms with Crippen LogP contribution in [-0.2, 0) is 21.2 Å². The summed E-state index contributed by atoms with van der Waals surface area (Å²) in [6.45, 7) is 3.69. The van der Waals surface area contributed by atoms with Gasteiger partial charge in [0.05, 0.1) is 25.0 Å². The number of benzene rings is 3. The third kappa shape index (κ3) is 5.12. The van der Waals surface area contributed by atoms with Gasteiger partial charge in [0.1, 0.15) is 16.5 Å². The Labute approximate surface area is 219 Å². The zero-order valence-electron chi connectivity index (χ0n) is 20.3. The second-order valence-corrected chi connectivity index (χ2v) is 10.5. The Morgan fingerprint density at radius 1 is 1.14 bits per heavy atom. The maximum Gasteiger partial charge on any atom is 0.341 e. The number of hydrogen-bond donors (Lipinski definition) is 1. The number of halogens is 2. The predicted octanol–water partition coefficient (Wildman–Crippen LogP) is 4.98. The molecular weight excluding hydrogens is 523 g/mol. The number of carbonyl (C=O) groups is 2. The van der Waals surface area contributed by atoms with Crippen molar-refractivity contribution >= 4 is 44.9 Å². The smallest absolute Gasteiger partial charge is 0.341 e. The van der Waals surface area contributed by atoms with Crippen LogP contribution in [0.3, 0.4) is 0 Å². The summed E-state index contributed by atoms with van der Waals surface area (Å²) in [7, 11) is -2.69. The number of carbonyl (C=O) groups excluding carboxylic acids is 2. The van der Waals surface area contributed by atoms with Crippen LogP contribution in [0.4, 0.5) is 15.8 Å². The SMILES string of the molecule is CCOC(=O)c1ccc(NC(=O)c2cc(C)c3c(c2)N(S(=O)(=O)c2cc(Cl)ccc2OC)CC3)cc1F. The van der Waals surface area contributed by atoms with Crippen molar-refractivity contribution < 1.29 is 31.9 Å². The molecule has 0 aromatic heterocycles. The fourth-order valence-electron chi connectivity index (χ4n) is 4.20. The van der Waals surface area contributed by atoms with Gasteiger partial charge >= 0.3 is 5.97 Å². The van der Waals surface area contributed by atoms with E-state index < -0.39 is 27.7 Å². The number of nitrogens with one attached hydrogen (secondary N) is 1. The molecule has 1 amide bonds. The molecule has 1 aliphatic heterocycles. The summed E-state index contributed by atoms with van der Waals surface area (Å²) < 4.78 is 52.9. The maximum absolute atomic E-state index is 14.4. The number of sulfonamides is 1. The number of esters is 1. The molecule has 0 atom stereocenters. The molecule has 0 spiro atoms. The molecule has 194 valence electrons. The minimum atomic E-state index is -4.06. The van der Waals surface area contributed by atoms with Crippen molar-refractivity contribution in [2.75, 3.05) is 29.9 Å². The summed E-state index contributed by atoms with van der Waals surface area (Å²) in [6.07, 6.45) is 0.464. The van der Waals surface area contributed by atoms with E-state index in [1.54, 1.807) is 19.9 Å². The molecule has 0 saturated heterocycles. The molecule has 1 N–H and O–H groups in total. The number of aryl methyl sites for hydroxylation is 1. The molecular formula is C26H24ClFN2O6S. The molecule has 0 unspecified atom stereocenters. The molecule has 1 aliphatic rings. The largest absolute Gasteiger partial charge is 0.495 e. The Morgan fingerprint density at radius 3 is 2.57 bits per heavy atom. The standard InChI is InChI=1S/C26H24ClFN2O6S/c1-4-36-26(32)20-7-6-18(14-21(20)28)29-25(31)16-11-15(2)19-9-10-30(22(19)12-16)37(33,34)24-13-17(27)5-8-23(24)35-3/h5-8,11-14H,4,9-10H2,1-3H3,(H,29,31). The van der Waals surface area contributed by atoms with Crippen molar-refractivity contribution in [3.8, 4) is 5.75 Å². The lowest BCUT2D eigenvalue weighted by Crippen LogP contribution is -2.29. The van der Waals surface area contributed by atoms with Crippen molar-refractivity contribution in [3.05, 3.63) is 81.6 Å². The van der Waals surface area contributed by atoms with Gasteiger partial charge in [-0.3, -0.25) is 9.10 Å². The highest BCUT2D eigenvalue weighted by Gasteiger charge is 2.34. The summed E-state index contributed by atoms with van der Waals surface area (Å²) in [6, 6.07) is 11.1. The minimum absolute atomic E-state index is 0.0833. The Kier molecular flexibility index (Phi) is 7.42. The molecule has 8 nitrogen and oxygen atoms in total. The first-order chi connectivity index (χ1) is 17.6. The van der Waals surface area contributed by atoms with Crippen LogP contribution in [0.5, 0.6) is 5.75 Å². The van der Waals surface area contributed by atoms with Gasteiger partial charge < -0.3 is 14.8 Å². The Hall–Kier alpha value is -3.63. The molecule has 0 saturated carbocycles. The van der Waals surface area contributed by atoms with Gasteiger partial charge in [0.2, 0.25) is 0 Å². The lowest BCUT2D eigenvalue weighted by molar-refractivity contribution is 0.0521. The minimum Gasteiger partial charge on any atom is -0.495 e. The molecule has 37 heavy (non-hydrogen) atoms. The van der Waals surface area contributed by atoms with Gasteiger partial charge in [-0.2, -0.15) is 0 Å². The van der Waals surface area contributed by atoms with Crippen molar-refractivity contribution in [2.24, 2.45) is 0 Å². The third-order valence-corrected chi connectivity index (χ3v) is 8.03. The fraction of sp³-hybridized carbons (Fsp3) is 0.231. The van der Waals surface area contributed by atoms with Crippen LogP contribution in [0.1, 0.15) is 38.8 Å². The van der Waals surface area contributed by atoms with Crippen LogP contribution in [-0.4, -0.2) is 40.6 Å². The number of rotatable bonds is 7. The molecule has 3 aromatic carbocycles. The van der Waals surface area contributed by atoms with E-state index in [4.69, 9.17) is 21.1 Å². The van der Waals surface area contributed by atoms with Gasteiger partial charge in [0, 0.05) is 22.8 Å². The summed E-state index contributed by atoms with van der Waals surface area (Å²) in [4.78, 5) is 24.8. The van der Waals surface area contributed by atoms with E-state index >= 15 is 0 Å². The Morgan fingerprint density at radius 2 is 1.89 bits per heavy atom. The first kappa shape index (κ1) is 26.4. The first-order valence-electron chi connectivity index (χ1n) is 11.3. The zero-order chi connectivity index (χ0) is 26.9. The quantitative estimate of drug-likeness (QED) is 0.420. The molecule has 3 aromatic rings. The average Bonchev–Trinajstić information content (AvgIpc) is 3.30. The average molecular weight is 547 g/mol. The number of nitrogens with zero attached hydrogens (tertiary/aromatic N) is 1. The van der Waals surface area contributed by atoms with Crippen molar-refractivity contribution in [2.45, 2.75) is 25.2 Å². The zero-order valence-corrected chi connectivity index (χ0v) is 21.9. The van der Waals surface area contributed by atoms with E-state index in [0.29, 0.717) is 12.1 Å². The van der Waals surface area contributed by atoms with Gasteiger partial charge in [-0.15, -0.1) is 0 Å². The summed E-state index contributed by atoms with van der Waals surface area (Å²) in [5.74, 6) is -2.06. The van der Waals surface area contributed by atoms with E-state index in [2.05, 4.69) is 5.32 Å². The third-order valence-electron chi connectivity index (χ3n) is 5.96. The highest BCUT2D eigenvalue weighted by molar-refractivity contribution is 7.93. The van der Waals surface area contributed by atoms with Crippen LogP contribution in [0.2, 0.25) is 5.02 Å². The Balaban J connectivity index is 1.65. The summed E-state index contributed by atoms with van der Waals surface area (Å²) in [5.41, 5.74) is 1.97. The number of hydrogen-bond acceptors (Lipinski definition) is 6. The highest BCUT2D eigenvalue weighted by atomic mass is 35.5. The first-order valence-corrected chi connectivity index (χ1v) is 13.2. The molecule has 11 heteroatoms. The lowest BCUT2D eigenvalue weighted by Gasteiger charge is -2.22. The normalized spacial score (nSPS) is 12.7. The monoisotopic (exact) mass is 546 g/mol. The van der Waals surface area contributed by atoms with Crippen LogP contribution >= 0.6 is 11.6 Å². The van der Waals surface area contributed by atoms with Crippen LogP contribution in [0.25, 0.3) is 0 Å².